The number of carbonyl (C=O) groups excluding carboxylic acids is 2. The Bertz CT molecular complexity index is 389. The lowest BCUT2D eigenvalue weighted by Gasteiger charge is -2.28. The summed E-state index contributed by atoms with van der Waals surface area (Å²) in [6, 6.07) is 0. The van der Waals surface area contributed by atoms with Crippen molar-refractivity contribution in [1.29, 1.82) is 0 Å². The Hall–Kier alpha value is -1.18. The van der Waals surface area contributed by atoms with Crippen molar-refractivity contribution >= 4 is 11.6 Å². The maximum atomic E-state index is 11.9. The minimum absolute atomic E-state index is 0.0255. The Morgan fingerprint density at radius 1 is 1.14 bits per heavy atom. The van der Waals surface area contributed by atoms with Crippen molar-refractivity contribution in [2.45, 2.75) is 13.3 Å². The van der Waals surface area contributed by atoms with E-state index in [1.165, 1.54) is 6.08 Å². The lowest BCUT2D eigenvalue weighted by Crippen LogP contribution is -2.36. The molecule has 2 heteroatoms. The maximum absolute atomic E-state index is 11.9. The molecule has 1 fully saturated rings. The van der Waals surface area contributed by atoms with Crippen molar-refractivity contribution in [1.82, 2.24) is 0 Å². The minimum Gasteiger partial charge on any atom is -0.294 e. The molecule has 14 heavy (non-hydrogen) atoms. The summed E-state index contributed by atoms with van der Waals surface area (Å²) >= 11 is 0. The average molecular weight is 188 g/mol. The Balaban J connectivity index is 2.10. The maximum Gasteiger partial charge on any atom is 0.163 e. The topological polar surface area (TPSA) is 34.1 Å². The van der Waals surface area contributed by atoms with Gasteiger partial charge in [-0.15, -0.1) is 0 Å². The fraction of sp³-hybridized carbons (Fsp3) is 0.500. The number of allylic oxidation sites excluding steroid dienone is 4. The second-order valence-corrected chi connectivity index (χ2v) is 4.59. The highest BCUT2D eigenvalue weighted by molar-refractivity contribution is 6.11. The fourth-order valence-corrected chi connectivity index (χ4v) is 3.21. The summed E-state index contributed by atoms with van der Waals surface area (Å²) in [5, 5.41) is 0. The van der Waals surface area contributed by atoms with Crippen LogP contribution in [-0.2, 0) is 9.59 Å². The van der Waals surface area contributed by atoms with Gasteiger partial charge in [0.25, 0.3) is 0 Å². The number of ketones is 2. The summed E-state index contributed by atoms with van der Waals surface area (Å²) in [5.74, 6) is 0.995. The molecule has 2 bridgehead atoms. The van der Waals surface area contributed by atoms with Gasteiger partial charge >= 0.3 is 0 Å². The van der Waals surface area contributed by atoms with Crippen LogP contribution in [0.5, 0.6) is 0 Å². The van der Waals surface area contributed by atoms with Crippen LogP contribution in [0.4, 0.5) is 0 Å². The summed E-state index contributed by atoms with van der Waals surface area (Å²) < 4.78 is 0. The summed E-state index contributed by atoms with van der Waals surface area (Å²) in [5.41, 5.74) is 0.650. The zero-order chi connectivity index (χ0) is 9.87. The van der Waals surface area contributed by atoms with Crippen LogP contribution >= 0.6 is 0 Å². The molecule has 0 aromatic heterocycles. The van der Waals surface area contributed by atoms with E-state index in [9.17, 15) is 9.59 Å². The first-order valence-corrected chi connectivity index (χ1v) is 5.13. The van der Waals surface area contributed by atoms with Gasteiger partial charge in [-0.05, 0) is 36.8 Å². The number of Topliss-reactive ketones (excluding diaryl/α,β-unsaturated/α-hetero) is 1. The van der Waals surface area contributed by atoms with E-state index < -0.39 is 0 Å². The fourth-order valence-electron chi connectivity index (χ4n) is 3.21. The van der Waals surface area contributed by atoms with E-state index in [4.69, 9.17) is 0 Å². The first-order valence-electron chi connectivity index (χ1n) is 5.13. The Morgan fingerprint density at radius 2 is 1.79 bits per heavy atom. The normalized spacial score (nSPS) is 44.2. The Morgan fingerprint density at radius 3 is 2.50 bits per heavy atom. The Labute approximate surface area is 82.7 Å². The first kappa shape index (κ1) is 8.16. The molecule has 3 rings (SSSR count). The molecule has 4 atom stereocenters. The van der Waals surface area contributed by atoms with E-state index in [-0.39, 0.29) is 23.4 Å². The van der Waals surface area contributed by atoms with Crippen LogP contribution in [0.3, 0.4) is 0 Å². The van der Waals surface area contributed by atoms with Crippen molar-refractivity contribution in [2.75, 3.05) is 0 Å². The third kappa shape index (κ3) is 0.813. The number of hydrogen-bond donors (Lipinski definition) is 0. The predicted octanol–water partition coefficient (Wildman–Crippen LogP) is 1.52. The van der Waals surface area contributed by atoms with Crippen molar-refractivity contribution in [3.8, 4) is 0 Å². The Kier molecular flexibility index (Phi) is 1.42. The van der Waals surface area contributed by atoms with E-state index in [1.54, 1.807) is 6.92 Å². The predicted molar refractivity (Wildman–Crippen MR) is 51.5 cm³/mol. The van der Waals surface area contributed by atoms with Gasteiger partial charge in [0, 0.05) is 11.8 Å². The molecule has 0 radical (unpaired) electrons. The zero-order valence-corrected chi connectivity index (χ0v) is 8.07. The van der Waals surface area contributed by atoms with E-state index in [0.29, 0.717) is 17.4 Å². The summed E-state index contributed by atoms with van der Waals surface area (Å²) in [6.07, 6.45) is 6.78. The number of carbonyl (C=O) groups is 2. The molecule has 0 aromatic rings. The van der Waals surface area contributed by atoms with Crippen LogP contribution in [0.25, 0.3) is 0 Å². The molecule has 1 saturated carbocycles. The average Bonchev–Trinajstić information content (AvgIpc) is 2.73. The molecule has 2 nitrogen and oxygen atoms in total. The molecule has 72 valence electrons. The number of rotatable bonds is 0. The van der Waals surface area contributed by atoms with Crippen LogP contribution in [0, 0.1) is 23.7 Å². The zero-order valence-electron chi connectivity index (χ0n) is 8.07. The van der Waals surface area contributed by atoms with Crippen LogP contribution < -0.4 is 0 Å². The quantitative estimate of drug-likeness (QED) is 0.540. The molecule has 3 aliphatic rings. The van der Waals surface area contributed by atoms with Gasteiger partial charge in [-0.1, -0.05) is 12.2 Å². The van der Waals surface area contributed by atoms with E-state index in [1.807, 2.05) is 0 Å². The van der Waals surface area contributed by atoms with Crippen LogP contribution in [0.15, 0.2) is 23.8 Å². The van der Waals surface area contributed by atoms with Gasteiger partial charge in [0.05, 0.1) is 0 Å². The monoisotopic (exact) mass is 188 g/mol. The molecule has 0 N–H and O–H groups in total. The van der Waals surface area contributed by atoms with Gasteiger partial charge < -0.3 is 0 Å². The largest absolute Gasteiger partial charge is 0.294 e. The van der Waals surface area contributed by atoms with Crippen LogP contribution in [0.1, 0.15) is 13.3 Å². The van der Waals surface area contributed by atoms with Crippen LogP contribution in [0.2, 0.25) is 0 Å². The van der Waals surface area contributed by atoms with E-state index >= 15 is 0 Å². The van der Waals surface area contributed by atoms with Gasteiger partial charge in [-0.25, -0.2) is 0 Å². The summed E-state index contributed by atoms with van der Waals surface area (Å²) in [6.45, 7) is 1.76. The lowest BCUT2D eigenvalue weighted by molar-refractivity contribution is -0.130. The SMILES string of the molecule is CC1=CC(=O)C2C(C1=O)[C@H]1C=C[C@@H]2C1. The number of hydrogen-bond acceptors (Lipinski definition) is 2. The van der Waals surface area contributed by atoms with Gasteiger partial charge in [-0.3, -0.25) is 9.59 Å². The molecule has 0 amide bonds. The molecular formula is C12H12O2. The third-order valence-corrected chi connectivity index (χ3v) is 3.84. The summed E-state index contributed by atoms with van der Waals surface area (Å²) in [7, 11) is 0. The van der Waals surface area contributed by atoms with Gasteiger partial charge in [0.2, 0.25) is 0 Å². The minimum atomic E-state index is -0.0267. The lowest BCUT2D eigenvalue weighted by atomic mass is 9.72. The van der Waals surface area contributed by atoms with Crippen molar-refractivity contribution in [2.24, 2.45) is 23.7 Å². The standard InChI is InChI=1S/C12H12O2/c1-6-4-9(13)10-7-2-3-8(5-7)11(10)12(6)14/h2-4,7-8,10-11H,5H2,1H3/t7-,8+,10?,11?/m1/s1. The van der Waals surface area contributed by atoms with Gasteiger partial charge in [0.15, 0.2) is 11.6 Å². The first-order chi connectivity index (χ1) is 6.68. The van der Waals surface area contributed by atoms with Crippen molar-refractivity contribution in [3.05, 3.63) is 23.8 Å². The highest BCUT2D eigenvalue weighted by Crippen LogP contribution is 2.51. The molecule has 0 aromatic carbocycles. The smallest absolute Gasteiger partial charge is 0.163 e. The highest BCUT2D eigenvalue weighted by Gasteiger charge is 2.52. The molecule has 0 saturated heterocycles. The van der Waals surface area contributed by atoms with Crippen LogP contribution in [-0.4, -0.2) is 11.6 Å². The number of fused-ring (bicyclic) bond motifs is 5. The second-order valence-electron chi connectivity index (χ2n) is 4.59. The van der Waals surface area contributed by atoms with E-state index in [0.717, 1.165) is 6.42 Å². The second kappa shape index (κ2) is 2.44. The molecule has 2 unspecified atom stereocenters. The highest BCUT2D eigenvalue weighted by atomic mass is 16.1. The van der Waals surface area contributed by atoms with E-state index in [2.05, 4.69) is 12.2 Å². The molecule has 3 aliphatic carbocycles. The third-order valence-electron chi connectivity index (χ3n) is 3.84. The van der Waals surface area contributed by atoms with Gasteiger partial charge in [-0.2, -0.15) is 0 Å². The van der Waals surface area contributed by atoms with Crippen molar-refractivity contribution in [3.63, 3.8) is 0 Å². The van der Waals surface area contributed by atoms with Crippen molar-refractivity contribution < 1.29 is 9.59 Å². The summed E-state index contributed by atoms with van der Waals surface area (Å²) in [4.78, 5) is 23.6. The molecule has 0 heterocycles. The molecule has 0 spiro atoms. The van der Waals surface area contributed by atoms with Gasteiger partial charge in [0.1, 0.15) is 0 Å². The molecular weight excluding hydrogens is 176 g/mol. The molecule has 0 aliphatic heterocycles.